The van der Waals surface area contributed by atoms with Gasteiger partial charge in [0.15, 0.2) is 11.6 Å². The Bertz CT molecular complexity index is 1300. The molecule has 0 bridgehead atoms. The third-order valence-electron chi connectivity index (χ3n) is 5.48. The molecular weight excluding hydrogens is 444 g/mol. The Hall–Kier alpha value is -4.26. The zero-order chi connectivity index (χ0) is 24.4. The van der Waals surface area contributed by atoms with Gasteiger partial charge in [-0.15, -0.1) is 0 Å². The van der Waals surface area contributed by atoms with Gasteiger partial charge in [0.05, 0.1) is 42.6 Å². The maximum Gasteiger partial charge on any atom is 0.419 e. The standard InChI is InChI=1S/C24H21F2N5O3/c1-15-13-30(24(33)34-23-7-5-19(25)11-20(23)26)22-10-17(4-6-21(22)31(15)16(2)32)18-12-28-29(14-18)9-3-8-27/h4-7,10-12,14-15H,3,9,13H2,1-2H3. The van der Waals surface area contributed by atoms with Gasteiger partial charge in [0.2, 0.25) is 5.91 Å². The molecule has 1 atom stereocenters. The fourth-order valence-electron chi connectivity index (χ4n) is 3.96. The summed E-state index contributed by atoms with van der Waals surface area (Å²) in [7, 11) is 0. The Labute approximate surface area is 194 Å². The van der Waals surface area contributed by atoms with Gasteiger partial charge in [-0.3, -0.25) is 14.4 Å². The van der Waals surface area contributed by atoms with E-state index in [0.29, 0.717) is 30.4 Å². The number of carbonyl (C=O) groups excluding carboxylic acids is 2. The molecule has 0 saturated heterocycles. The van der Waals surface area contributed by atoms with E-state index in [2.05, 4.69) is 11.2 Å². The molecule has 1 aromatic heterocycles. The lowest BCUT2D eigenvalue weighted by Crippen LogP contribution is -2.52. The van der Waals surface area contributed by atoms with E-state index in [4.69, 9.17) is 10.00 Å². The highest BCUT2D eigenvalue weighted by Crippen LogP contribution is 2.39. The lowest BCUT2D eigenvalue weighted by atomic mass is 10.0. The van der Waals surface area contributed by atoms with Crippen LogP contribution in [-0.4, -0.2) is 34.4 Å². The van der Waals surface area contributed by atoms with Gasteiger partial charge in [0, 0.05) is 31.3 Å². The number of rotatable bonds is 4. The topological polar surface area (TPSA) is 91.5 Å². The minimum absolute atomic E-state index is 0.110. The van der Waals surface area contributed by atoms with E-state index in [9.17, 15) is 18.4 Å². The largest absolute Gasteiger partial charge is 0.419 e. The molecule has 0 radical (unpaired) electrons. The number of amides is 2. The van der Waals surface area contributed by atoms with Crippen LogP contribution in [0.3, 0.4) is 0 Å². The van der Waals surface area contributed by atoms with Crippen LogP contribution in [0.1, 0.15) is 20.3 Å². The highest BCUT2D eigenvalue weighted by molar-refractivity contribution is 6.03. The van der Waals surface area contributed by atoms with Gasteiger partial charge in [-0.25, -0.2) is 13.6 Å². The Morgan fingerprint density at radius 1 is 1.18 bits per heavy atom. The van der Waals surface area contributed by atoms with Crippen molar-refractivity contribution in [1.29, 1.82) is 5.26 Å². The van der Waals surface area contributed by atoms with Gasteiger partial charge in [-0.2, -0.15) is 10.4 Å². The predicted molar refractivity (Wildman–Crippen MR) is 120 cm³/mol. The second-order valence-corrected chi connectivity index (χ2v) is 7.90. The second kappa shape index (κ2) is 9.31. The first-order valence-electron chi connectivity index (χ1n) is 10.6. The third-order valence-corrected chi connectivity index (χ3v) is 5.48. The number of nitrogens with zero attached hydrogens (tertiary/aromatic N) is 5. The van der Waals surface area contributed by atoms with Gasteiger partial charge < -0.3 is 9.64 Å². The number of anilines is 2. The monoisotopic (exact) mass is 465 g/mol. The number of nitriles is 1. The summed E-state index contributed by atoms with van der Waals surface area (Å²) in [5.41, 5.74) is 2.39. The van der Waals surface area contributed by atoms with Crippen LogP contribution in [0, 0.1) is 23.0 Å². The molecule has 2 amide bonds. The van der Waals surface area contributed by atoms with Crippen LogP contribution in [0.5, 0.6) is 5.75 Å². The summed E-state index contributed by atoms with van der Waals surface area (Å²) in [6, 6.07) is 9.64. The van der Waals surface area contributed by atoms with E-state index in [1.807, 2.05) is 6.07 Å². The molecule has 0 aliphatic carbocycles. The molecule has 34 heavy (non-hydrogen) atoms. The smallest absolute Gasteiger partial charge is 0.407 e. The van der Waals surface area contributed by atoms with Gasteiger partial charge in [-0.1, -0.05) is 6.07 Å². The van der Waals surface area contributed by atoms with Crippen molar-refractivity contribution in [1.82, 2.24) is 9.78 Å². The number of hydrogen-bond donors (Lipinski definition) is 0. The SMILES string of the molecule is CC(=O)N1c2ccc(-c3cnn(CCC#N)c3)cc2N(C(=O)Oc2ccc(F)cc2F)CC1C. The first-order chi connectivity index (χ1) is 16.3. The van der Waals surface area contributed by atoms with E-state index < -0.39 is 23.5 Å². The van der Waals surface area contributed by atoms with E-state index in [-0.39, 0.29) is 18.5 Å². The Morgan fingerprint density at radius 3 is 2.68 bits per heavy atom. The van der Waals surface area contributed by atoms with E-state index >= 15 is 0 Å². The highest BCUT2D eigenvalue weighted by Gasteiger charge is 2.35. The van der Waals surface area contributed by atoms with Crippen molar-refractivity contribution < 1.29 is 23.1 Å². The third kappa shape index (κ3) is 4.45. The molecule has 8 nitrogen and oxygen atoms in total. The number of carbonyl (C=O) groups is 2. The molecule has 174 valence electrons. The fourth-order valence-corrected chi connectivity index (χ4v) is 3.96. The molecular formula is C24H21F2N5O3. The summed E-state index contributed by atoms with van der Waals surface area (Å²) in [4.78, 5) is 28.3. The molecule has 1 unspecified atom stereocenters. The van der Waals surface area contributed by atoms with Crippen LogP contribution in [0.2, 0.25) is 0 Å². The average Bonchev–Trinajstić information content (AvgIpc) is 3.27. The van der Waals surface area contributed by atoms with Gasteiger partial charge in [0.1, 0.15) is 5.82 Å². The van der Waals surface area contributed by atoms with Gasteiger partial charge >= 0.3 is 6.09 Å². The first-order valence-corrected chi connectivity index (χ1v) is 10.6. The lowest BCUT2D eigenvalue weighted by molar-refractivity contribution is -0.117. The number of fused-ring (bicyclic) bond motifs is 1. The van der Waals surface area contributed by atoms with Crippen molar-refractivity contribution >= 4 is 23.4 Å². The quantitative estimate of drug-likeness (QED) is 0.566. The molecule has 0 N–H and O–H groups in total. The van der Waals surface area contributed by atoms with Crippen LogP contribution in [0.4, 0.5) is 25.0 Å². The fraction of sp³-hybridized carbons (Fsp3) is 0.250. The summed E-state index contributed by atoms with van der Waals surface area (Å²) in [5, 5.41) is 13.0. The Kier molecular flexibility index (Phi) is 6.27. The molecule has 3 aromatic rings. The molecule has 0 fully saturated rings. The molecule has 1 aliphatic rings. The van der Waals surface area contributed by atoms with E-state index in [1.165, 1.54) is 11.8 Å². The van der Waals surface area contributed by atoms with Crippen molar-refractivity contribution in [3.8, 4) is 22.9 Å². The number of benzene rings is 2. The zero-order valence-electron chi connectivity index (χ0n) is 18.5. The van der Waals surface area contributed by atoms with Crippen molar-refractivity contribution in [2.75, 3.05) is 16.3 Å². The van der Waals surface area contributed by atoms with Crippen molar-refractivity contribution in [2.45, 2.75) is 32.9 Å². The Balaban J connectivity index is 1.71. The summed E-state index contributed by atoms with van der Waals surface area (Å²) in [6.45, 7) is 3.78. The second-order valence-electron chi connectivity index (χ2n) is 7.90. The maximum absolute atomic E-state index is 14.1. The van der Waals surface area contributed by atoms with Gasteiger partial charge in [0.25, 0.3) is 0 Å². The highest BCUT2D eigenvalue weighted by atomic mass is 19.1. The number of aryl methyl sites for hydroxylation is 1. The summed E-state index contributed by atoms with van der Waals surface area (Å²) >= 11 is 0. The molecule has 0 spiro atoms. The Morgan fingerprint density at radius 2 is 1.97 bits per heavy atom. The predicted octanol–water partition coefficient (Wildman–Crippen LogP) is 4.50. The zero-order valence-corrected chi connectivity index (χ0v) is 18.5. The first kappa shape index (κ1) is 22.9. The number of halogens is 2. The molecule has 10 heteroatoms. The van der Waals surface area contributed by atoms with Crippen molar-refractivity contribution in [2.24, 2.45) is 0 Å². The van der Waals surface area contributed by atoms with Crippen molar-refractivity contribution in [3.05, 3.63) is 60.4 Å². The van der Waals surface area contributed by atoms with Crippen LogP contribution in [-0.2, 0) is 11.3 Å². The molecule has 1 aliphatic heterocycles. The number of hydrogen-bond acceptors (Lipinski definition) is 5. The van der Waals surface area contributed by atoms with Crippen LogP contribution >= 0.6 is 0 Å². The summed E-state index contributed by atoms with van der Waals surface area (Å²) in [6.07, 6.45) is 2.88. The minimum atomic E-state index is -0.998. The number of aromatic nitrogens is 2. The lowest BCUT2D eigenvalue weighted by Gasteiger charge is -2.40. The average molecular weight is 465 g/mol. The summed E-state index contributed by atoms with van der Waals surface area (Å²) in [5.74, 6) is -2.37. The summed E-state index contributed by atoms with van der Waals surface area (Å²) < 4.78 is 34.2. The minimum Gasteiger partial charge on any atom is -0.407 e. The van der Waals surface area contributed by atoms with E-state index in [1.54, 1.807) is 41.0 Å². The van der Waals surface area contributed by atoms with Crippen molar-refractivity contribution in [3.63, 3.8) is 0 Å². The normalized spacial score (nSPS) is 15.0. The molecule has 2 heterocycles. The molecule has 2 aromatic carbocycles. The molecule has 0 saturated carbocycles. The van der Waals surface area contributed by atoms with Crippen LogP contribution in [0.15, 0.2) is 48.8 Å². The van der Waals surface area contributed by atoms with Crippen LogP contribution < -0.4 is 14.5 Å². The molecule has 4 rings (SSSR count). The maximum atomic E-state index is 14.1. The van der Waals surface area contributed by atoms with Gasteiger partial charge in [-0.05, 0) is 36.8 Å². The van der Waals surface area contributed by atoms with Crippen LogP contribution in [0.25, 0.3) is 11.1 Å². The van der Waals surface area contributed by atoms with E-state index in [0.717, 1.165) is 23.3 Å². The number of ether oxygens (including phenoxy) is 1.